The standard InChI is InChI=1S/C7H15NS/c1-6-4-5-8(3)7(2)9-6/h6-7H,4-5H2,1-3H3. The first-order chi connectivity index (χ1) is 4.20. The van der Waals surface area contributed by atoms with E-state index in [4.69, 9.17) is 0 Å². The van der Waals surface area contributed by atoms with E-state index in [1.165, 1.54) is 13.0 Å². The first-order valence-electron chi connectivity index (χ1n) is 3.56. The van der Waals surface area contributed by atoms with Crippen LogP contribution in [0.3, 0.4) is 0 Å². The minimum atomic E-state index is 0.730. The van der Waals surface area contributed by atoms with Crippen molar-refractivity contribution in [3.63, 3.8) is 0 Å². The summed E-state index contributed by atoms with van der Waals surface area (Å²) in [7, 11) is 2.20. The molecule has 1 aliphatic rings. The molecule has 0 amide bonds. The molecule has 1 nitrogen and oxygen atoms in total. The van der Waals surface area contributed by atoms with Gasteiger partial charge in [-0.1, -0.05) is 6.92 Å². The summed E-state index contributed by atoms with van der Waals surface area (Å²) >= 11 is 2.08. The second kappa shape index (κ2) is 2.93. The van der Waals surface area contributed by atoms with E-state index in [0.29, 0.717) is 0 Å². The Kier molecular flexibility index (Phi) is 2.42. The molecule has 0 bridgehead atoms. The Morgan fingerprint density at radius 1 is 1.44 bits per heavy atom. The van der Waals surface area contributed by atoms with Crippen molar-refractivity contribution in [1.29, 1.82) is 0 Å². The highest BCUT2D eigenvalue weighted by molar-refractivity contribution is 8.00. The fourth-order valence-corrected chi connectivity index (χ4v) is 2.30. The first kappa shape index (κ1) is 7.42. The molecule has 0 saturated carbocycles. The summed E-state index contributed by atoms with van der Waals surface area (Å²) in [5.74, 6) is 0. The highest BCUT2D eigenvalue weighted by Crippen LogP contribution is 2.26. The van der Waals surface area contributed by atoms with Crippen molar-refractivity contribution in [2.24, 2.45) is 0 Å². The Morgan fingerprint density at radius 2 is 2.11 bits per heavy atom. The molecule has 0 aromatic rings. The molecule has 0 aromatic carbocycles. The molecule has 0 aliphatic carbocycles. The first-order valence-corrected chi connectivity index (χ1v) is 4.50. The molecule has 2 unspecified atom stereocenters. The van der Waals surface area contributed by atoms with Gasteiger partial charge in [0.1, 0.15) is 0 Å². The van der Waals surface area contributed by atoms with Gasteiger partial charge in [-0.15, -0.1) is 11.8 Å². The zero-order chi connectivity index (χ0) is 6.85. The van der Waals surface area contributed by atoms with Crippen LogP contribution in [0.2, 0.25) is 0 Å². The normalized spacial score (nSPS) is 39.0. The molecular formula is C7H15NS. The van der Waals surface area contributed by atoms with Gasteiger partial charge in [-0.25, -0.2) is 0 Å². The molecule has 1 rings (SSSR count). The van der Waals surface area contributed by atoms with Crippen LogP contribution in [0, 0.1) is 0 Å². The third kappa shape index (κ3) is 1.87. The molecule has 0 N–H and O–H groups in total. The van der Waals surface area contributed by atoms with E-state index in [1.807, 2.05) is 0 Å². The Balaban J connectivity index is 2.35. The van der Waals surface area contributed by atoms with Crippen molar-refractivity contribution >= 4 is 11.8 Å². The van der Waals surface area contributed by atoms with Gasteiger partial charge in [0.2, 0.25) is 0 Å². The minimum Gasteiger partial charge on any atom is -0.295 e. The Hall–Kier alpha value is 0.310. The number of thioether (sulfide) groups is 1. The van der Waals surface area contributed by atoms with Crippen LogP contribution in [-0.2, 0) is 0 Å². The number of hydrogen-bond donors (Lipinski definition) is 0. The van der Waals surface area contributed by atoms with Crippen molar-refractivity contribution in [3.8, 4) is 0 Å². The van der Waals surface area contributed by atoms with Gasteiger partial charge in [0, 0.05) is 5.25 Å². The van der Waals surface area contributed by atoms with Gasteiger partial charge in [0.25, 0.3) is 0 Å². The zero-order valence-electron chi connectivity index (χ0n) is 6.42. The van der Waals surface area contributed by atoms with Crippen LogP contribution in [0.25, 0.3) is 0 Å². The topological polar surface area (TPSA) is 3.24 Å². The summed E-state index contributed by atoms with van der Waals surface area (Å²) in [6, 6.07) is 0. The van der Waals surface area contributed by atoms with Crippen LogP contribution in [0.5, 0.6) is 0 Å². The molecule has 1 aliphatic heterocycles. The predicted molar refractivity (Wildman–Crippen MR) is 43.8 cm³/mol. The van der Waals surface area contributed by atoms with Gasteiger partial charge in [0.05, 0.1) is 5.37 Å². The molecule has 1 heterocycles. The SMILES string of the molecule is CC1CCN(C)C(C)S1. The fourth-order valence-electron chi connectivity index (χ4n) is 1.08. The highest BCUT2D eigenvalue weighted by Gasteiger charge is 2.19. The predicted octanol–water partition coefficient (Wildman–Crippen LogP) is 1.79. The molecule has 0 spiro atoms. The summed E-state index contributed by atoms with van der Waals surface area (Å²) in [5.41, 5.74) is 0. The molecule has 9 heavy (non-hydrogen) atoms. The maximum Gasteiger partial charge on any atom is 0.0528 e. The van der Waals surface area contributed by atoms with Gasteiger partial charge in [-0.05, 0) is 26.9 Å². The van der Waals surface area contributed by atoms with Crippen LogP contribution in [-0.4, -0.2) is 29.1 Å². The van der Waals surface area contributed by atoms with Crippen molar-refractivity contribution in [2.75, 3.05) is 13.6 Å². The molecule has 1 saturated heterocycles. The molecule has 0 aromatic heterocycles. The monoisotopic (exact) mass is 145 g/mol. The number of nitrogens with zero attached hydrogens (tertiary/aromatic N) is 1. The smallest absolute Gasteiger partial charge is 0.0528 e. The summed E-state index contributed by atoms with van der Waals surface area (Å²) in [4.78, 5) is 2.41. The van der Waals surface area contributed by atoms with Crippen LogP contribution in [0.15, 0.2) is 0 Å². The van der Waals surface area contributed by atoms with Gasteiger partial charge < -0.3 is 0 Å². The lowest BCUT2D eigenvalue weighted by molar-refractivity contribution is 0.309. The van der Waals surface area contributed by atoms with Crippen molar-refractivity contribution in [3.05, 3.63) is 0 Å². The van der Waals surface area contributed by atoms with Crippen LogP contribution < -0.4 is 0 Å². The Morgan fingerprint density at radius 3 is 2.56 bits per heavy atom. The van der Waals surface area contributed by atoms with E-state index in [-0.39, 0.29) is 0 Å². The molecule has 2 atom stereocenters. The Labute approximate surface area is 61.8 Å². The molecular weight excluding hydrogens is 130 g/mol. The van der Waals surface area contributed by atoms with Crippen molar-refractivity contribution < 1.29 is 0 Å². The van der Waals surface area contributed by atoms with Gasteiger partial charge in [0.15, 0.2) is 0 Å². The van der Waals surface area contributed by atoms with Crippen LogP contribution in [0.4, 0.5) is 0 Å². The van der Waals surface area contributed by atoms with E-state index in [1.54, 1.807) is 0 Å². The molecule has 54 valence electrons. The zero-order valence-corrected chi connectivity index (χ0v) is 7.24. The third-order valence-corrected chi connectivity index (χ3v) is 3.39. The van der Waals surface area contributed by atoms with E-state index in [2.05, 4.69) is 37.6 Å². The van der Waals surface area contributed by atoms with Crippen molar-refractivity contribution in [1.82, 2.24) is 4.90 Å². The quantitative estimate of drug-likeness (QED) is 0.511. The summed E-state index contributed by atoms with van der Waals surface area (Å²) in [6.07, 6.45) is 1.35. The fraction of sp³-hybridized carbons (Fsp3) is 1.00. The van der Waals surface area contributed by atoms with Gasteiger partial charge in [-0.2, -0.15) is 0 Å². The maximum atomic E-state index is 2.41. The largest absolute Gasteiger partial charge is 0.295 e. The highest BCUT2D eigenvalue weighted by atomic mass is 32.2. The van der Waals surface area contributed by atoms with Gasteiger partial charge >= 0.3 is 0 Å². The second-order valence-corrected chi connectivity index (χ2v) is 4.57. The van der Waals surface area contributed by atoms with E-state index >= 15 is 0 Å². The summed E-state index contributed by atoms with van der Waals surface area (Å²) in [5, 5.41) is 1.60. The third-order valence-electron chi connectivity index (χ3n) is 1.94. The summed E-state index contributed by atoms with van der Waals surface area (Å²) in [6.45, 7) is 5.86. The minimum absolute atomic E-state index is 0.730. The van der Waals surface area contributed by atoms with Crippen molar-refractivity contribution in [2.45, 2.75) is 30.9 Å². The average Bonchev–Trinajstić information content (AvgIpc) is 1.80. The molecule has 2 heteroatoms. The Bertz CT molecular complexity index is 94.9. The van der Waals surface area contributed by atoms with Crippen LogP contribution >= 0.6 is 11.8 Å². The van der Waals surface area contributed by atoms with E-state index in [9.17, 15) is 0 Å². The molecule has 1 fully saturated rings. The number of hydrogen-bond acceptors (Lipinski definition) is 2. The maximum absolute atomic E-state index is 2.41. The van der Waals surface area contributed by atoms with Crippen LogP contribution in [0.1, 0.15) is 20.3 Å². The lowest BCUT2D eigenvalue weighted by Crippen LogP contribution is -2.34. The lowest BCUT2D eigenvalue weighted by Gasteiger charge is -2.32. The van der Waals surface area contributed by atoms with Gasteiger partial charge in [-0.3, -0.25) is 4.90 Å². The van der Waals surface area contributed by atoms with E-state index in [0.717, 1.165) is 10.6 Å². The summed E-state index contributed by atoms with van der Waals surface area (Å²) < 4.78 is 0. The average molecular weight is 145 g/mol. The number of rotatable bonds is 0. The van der Waals surface area contributed by atoms with E-state index < -0.39 is 0 Å². The molecule has 0 radical (unpaired) electrons. The second-order valence-electron chi connectivity index (χ2n) is 2.82. The lowest BCUT2D eigenvalue weighted by atomic mass is 10.3.